The van der Waals surface area contributed by atoms with Crippen LogP contribution in [0.3, 0.4) is 0 Å². The van der Waals surface area contributed by atoms with Crippen molar-refractivity contribution in [3.8, 4) is 0 Å². The molecule has 0 saturated heterocycles. The van der Waals surface area contributed by atoms with Gasteiger partial charge < -0.3 is 5.32 Å². The Morgan fingerprint density at radius 2 is 2.00 bits per heavy atom. The van der Waals surface area contributed by atoms with Gasteiger partial charge in [0.25, 0.3) is 0 Å². The van der Waals surface area contributed by atoms with Crippen molar-refractivity contribution in [2.75, 3.05) is 6.54 Å². The molecule has 0 aliphatic heterocycles. The lowest BCUT2D eigenvalue weighted by Crippen LogP contribution is -2.16. The topological polar surface area (TPSA) is 24.9 Å². The second-order valence-electron chi connectivity index (χ2n) is 3.70. The Morgan fingerprint density at radius 1 is 1.24 bits per heavy atom. The minimum Gasteiger partial charge on any atom is -0.311 e. The lowest BCUT2D eigenvalue weighted by atomic mass is 10.2. The van der Waals surface area contributed by atoms with Crippen molar-refractivity contribution in [2.45, 2.75) is 32.0 Å². The van der Waals surface area contributed by atoms with E-state index in [0.29, 0.717) is 19.5 Å². The molecule has 17 heavy (non-hydrogen) atoms. The molecule has 2 nitrogen and oxygen atoms in total. The van der Waals surface area contributed by atoms with Crippen LogP contribution in [0.4, 0.5) is 13.2 Å². The second-order valence-corrected chi connectivity index (χ2v) is 4.51. The Kier molecular flexibility index (Phi) is 5.91. The molecule has 0 spiro atoms. The number of unbranched alkanes of at least 4 members (excludes halogenated alkanes) is 1. The van der Waals surface area contributed by atoms with E-state index in [-0.39, 0.29) is 6.42 Å². The molecule has 6 heteroatoms. The van der Waals surface area contributed by atoms with Gasteiger partial charge in [0.2, 0.25) is 0 Å². The molecule has 0 saturated carbocycles. The van der Waals surface area contributed by atoms with Crippen LogP contribution >= 0.6 is 15.9 Å². The molecule has 0 aliphatic carbocycles. The Balaban J connectivity index is 2.09. The Morgan fingerprint density at radius 3 is 2.65 bits per heavy atom. The largest absolute Gasteiger partial charge is 0.389 e. The number of alkyl halides is 3. The average molecular weight is 311 g/mol. The number of halogens is 4. The third-order valence-electron chi connectivity index (χ3n) is 2.14. The van der Waals surface area contributed by atoms with E-state index in [9.17, 15) is 13.2 Å². The molecular weight excluding hydrogens is 297 g/mol. The van der Waals surface area contributed by atoms with Crippen molar-refractivity contribution in [1.82, 2.24) is 10.3 Å². The van der Waals surface area contributed by atoms with Gasteiger partial charge in [0.05, 0.1) is 5.69 Å². The minimum atomic E-state index is -4.04. The van der Waals surface area contributed by atoms with Crippen LogP contribution in [0.25, 0.3) is 0 Å². The summed E-state index contributed by atoms with van der Waals surface area (Å²) in [6.07, 6.45) is -4.05. The maximum atomic E-state index is 11.8. The molecule has 1 aromatic rings. The molecule has 0 unspecified atom stereocenters. The smallest absolute Gasteiger partial charge is 0.311 e. The van der Waals surface area contributed by atoms with E-state index >= 15 is 0 Å². The highest BCUT2D eigenvalue weighted by molar-refractivity contribution is 9.10. The summed E-state index contributed by atoms with van der Waals surface area (Å²) in [5.41, 5.74) is 0.871. The molecule has 1 N–H and O–H groups in total. The highest BCUT2D eigenvalue weighted by atomic mass is 79.9. The van der Waals surface area contributed by atoms with Gasteiger partial charge in [-0.2, -0.15) is 13.2 Å². The summed E-state index contributed by atoms with van der Waals surface area (Å²) in [4.78, 5) is 4.20. The molecule has 0 amide bonds. The number of pyridine rings is 1. The van der Waals surface area contributed by atoms with E-state index in [4.69, 9.17) is 0 Å². The molecule has 96 valence electrons. The summed E-state index contributed by atoms with van der Waals surface area (Å²) in [7, 11) is 0. The number of hydrogen-bond donors (Lipinski definition) is 1. The summed E-state index contributed by atoms with van der Waals surface area (Å²) < 4.78 is 36.3. The summed E-state index contributed by atoms with van der Waals surface area (Å²) >= 11 is 3.25. The first-order chi connectivity index (χ1) is 7.97. The lowest BCUT2D eigenvalue weighted by molar-refractivity contribution is -0.135. The predicted octanol–water partition coefficient (Wildman–Crippen LogP) is 3.67. The van der Waals surface area contributed by atoms with E-state index in [1.807, 2.05) is 18.2 Å². The average Bonchev–Trinajstić information content (AvgIpc) is 2.22. The molecule has 0 fully saturated rings. The maximum absolute atomic E-state index is 11.8. The van der Waals surface area contributed by atoms with Gasteiger partial charge in [0.1, 0.15) is 4.60 Å². The maximum Gasteiger partial charge on any atom is 0.389 e. The third kappa shape index (κ3) is 7.33. The number of aromatic nitrogens is 1. The van der Waals surface area contributed by atoms with Gasteiger partial charge in [-0.1, -0.05) is 6.07 Å². The Hall–Kier alpha value is -0.620. The van der Waals surface area contributed by atoms with Crippen molar-refractivity contribution in [1.29, 1.82) is 0 Å². The van der Waals surface area contributed by atoms with Crippen molar-refractivity contribution in [3.63, 3.8) is 0 Å². The van der Waals surface area contributed by atoms with E-state index in [1.165, 1.54) is 0 Å². The summed E-state index contributed by atoms with van der Waals surface area (Å²) in [5, 5.41) is 3.06. The zero-order valence-corrected chi connectivity index (χ0v) is 10.8. The first kappa shape index (κ1) is 14.4. The van der Waals surface area contributed by atoms with Crippen LogP contribution in [0.5, 0.6) is 0 Å². The van der Waals surface area contributed by atoms with Gasteiger partial charge in [-0.05, 0) is 47.4 Å². The fourth-order valence-electron chi connectivity index (χ4n) is 1.34. The van der Waals surface area contributed by atoms with E-state index in [0.717, 1.165) is 10.3 Å². The van der Waals surface area contributed by atoms with Gasteiger partial charge in [-0.3, -0.25) is 0 Å². The van der Waals surface area contributed by atoms with Crippen LogP contribution in [-0.4, -0.2) is 17.7 Å². The van der Waals surface area contributed by atoms with Crippen LogP contribution in [0.2, 0.25) is 0 Å². The first-order valence-electron chi connectivity index (χ1n) is 5.36. The van der Waals surface area contributed by atoms with Crippen molar-refractivity contribution < 1.29 is 13.2 Å². The summed E-state index contributed by atoms with van der Waals surface area (Å²) in [6.45, 7) is 1.15. The van der Waals surface area contributed by atoms with Gasteiger partial charge in [0.15, 0.2) is 0 Å². The molecule has 0 atom stereocenters. The standard InChI is InChI=1S/C11H14BrF3N2/c12-10-5-3-4-9(17-10)8-16-7-2-1-6-11(13,14)15/h3-5,16H,1-2,6-8H2. The fraction of sp³-hybridized carbons (Fsp3) is 0.545. The lowest BCUT2D eigenvalue weighted by Gasteiger charge is -2.06. The monoisotopic (exact) mass is 310 g/mol. The van der Waals surface area contributed by atoms with E-state index in [1.54, 1.807) is 0 Å². The van der Waals surface area contributed by atoms with Crippen LogP contribution in [-0.2, 0) is 6.54 Å². The van der Waals surface area contributed by atoms with Crippen molar-refractivity contribution in [3.05, 3.63) is 28.5 Å². The number of hydrogen-bond acceptors (Lipinski definition) is 2. The van der Waals surface area contributed by atoms with Gasteiger partial charge >= 0.3 is 6.18 Å². The normalized spacial score (nSPS) is 11.8. The zero-order chi connectivity index (χ0) is 12.7. The van der Waals surface area contributed by atoms with E-state index < -0.39 is 12.6 Å². The minimum absolute atomic E-state index is 0.169. The number of nitrogens with zero attached hydrogens (tertiary/aromatic N) is 1. The van der Waals surface area contributed by atoms with Crippen LogP contribution in [0.15, 0.2) is 22.8 Å². The van der Waals surface area contributed by atoms with E-state index in [2.05, 4.69) is 26.2 Å². The molecule has 1 heterocycles. The van der Waals surface area contributed by atoms with Gasteiger partial charge in [-0.25, -0.2) is 4.98 Å². The van der Waals surface area contributed by atoms with Crippen molar-refractivity contribution in [2.24, 2.45) is 0 Å². The fourth-order valence-corrected chi connectivity index (χ4v) is 1.72. The molecule has 0 bridgehead atoms. The second kappa shape index (κ2) is 6.96. The van der Waals surface area contributed by atoms with Crippen LogP contribution in [0.1, 0.15) is 25.0 Å². The quantitative estimate of drug-likeness (QED) is 0.640. The Labute approximate surface area is 107 Å². The molecule has 1 aromatic heterocycles. The van der Waals surface area contributed by atoms with Crippen molar-refractivity contribution >= 4 is 15.9 Å². The third-order valence-corrected chi connectivity index (χ3v) is 2.58. The number of nitrogens with one attached hydrogen (secondary N) is 1. The Bertz CT molecular complexity index is 342. The molecular formula is C11H14BrF3N2. The van der Waals surface area contributed by atoms with Gasteiger partial charge in [-0.15, -0.1) is 0 Å². The van der Waals surface area contributed by atoms with Crippen LogP contribution < -0.4 is 5.32 Å². The highest BCUT2D eigenvalue weighted by Gasteiger charge is 2.25. The zero-order valence-electron chi connectivity index (χ0n) is 9.23. The first-order valence-corrected chi connectivity index (χ1v) is 6.15. The number of rotatable bonds is 6. The summed E-state index contributed by atoms with van der Waals surface area (Å²) in [5.74, 6) is 0. The van der Waals surface area contributed by atoms with Gasteiger partial charge in [0, 0.05) is 13.0 Å². The molecule has 0 radical (unpaired) electrons. The highest BCUT2D eigenvalue weighted by Crippen LogP contribution is 2.21. The molecule has 0 aliphatic rings. The SMILES string of the molecule is FC(F)(F)CCCCNCc1cccc(Br)n1. The van der Waals surface area contributed by atoms with Crippen LogP contribution in [0, 0.1) is 0 Å². The predicted molar refractivity (Wildman–Crippen MR) is 63.5 cm³/mol. The summed E-state index contributed by atoms with van der Waals surface area (Å²) in [6, 6.07) is 5.57. The molecule has 0 aromatic carbocycles. The molecule has 1 rings (SSSR count).